The molecule has 3 atom stereocenters. The van der Waals surface area contributed by atoms with Crippen molar-refractivity contribution in [1.82, 2.24) is 10.2 Å². The van der Waals surface area contributed by atoms with E-state index in [9.17, 15) is 5.26 Å². The van der Waals surface area contributed by atoms with E-state index in [0.29, 0.717) is 12.0 Å². The minimum absolute atomic E-state index is 0.409. The summed E-state index contributed by atoms with van der Waals surface area (Å²) in [5, 5.41) is 12.6. The molecule has 18 heavy (non-hydrogen) atoms. The number of ether oxygens (including phenoxy) is 1. The van der Waals surface area contributed by atoms with Gasteiger partial charge in [0.15, 0.2) is 0 Å². The van der Waals surface area contributed by atoms with Gasteiger partial charge in [-0.1, -0.05) is 6.92 Å². The summed E-state index contributed by atoms with van der Waals surface area (Å²) in [7, 11) is 1.77. The predicted molar refractivity (Wildman–Crippen MR) is 73.3 cm³/mol. The van der Waals surface area contributed by atoms with E-state index < -0.39 is 5.54 Å². The van der Waals surface area contributed by atoms with Gasteiger partial charge in [0, 0.05) is 19.7 Å². The van der Waals surface area contributed by atoms with Gasteiger partial charge in [0.2, 0.25) is 0 Å². The van der Waals surface area contributed by atoms with Gasteiger partial charge in [0.1, 0.15) is 5.54 Å². The van der Waals surface area contributed by atoms with E-state index in [1.165, 1.54) is 6.42 Å². The van der Waals surface area contributed by atoms with Crippen LogP contribution in [-0.2, 0) is 4.74 Å². The molecular formula is C14H27N3O. The highest BCUT2D eigenvalue weighted by Gasteiger charge is 2.31. The number of methoxy groups -OCH3 is 1. The standard InChI is InChI=1S/C14H27N3O/c1-5-16-14(3,11-15)8-12(2)17-7-6-13(9-17)10-18-4/h12-13,16H,5-10H2,1-4H3. The van der Waals surface area contributed by atoms with Crippen LogP contribution in [0.5, 0.6) is 0 Å². The van der Waals surface area contributed by atoms with Crippen molar-refractivity contribution in [2.75, 3.05) is 33.4 Å². The third kappa shape index (κ3) is 4.24. The van der Waals surface area contributed by atoms with Crippen molar-refractivity contribution in [3.63, 3.8) is 0 Å². The Bertz CT molecular complexity index is 289. The van der Waals surface area contributed by atoms with Crippen LogP contribution in [0.2, 0.25) is 0 Å². The Balaban J connectivity index is 2.46. The van der Waals surface area contributed by atoms with E-state index in [-0.39, 0.29) is 0 Å². The lowest BCUT2D eigenvalue weighted by molar-refractivity contribution is 0.144. The lowest BCUT2D eigenvalue weighted by Crippen LogP contribution is -2.46. The van der Waals surface area contributed by atoms with Crippen molar-refractivity contribution in [2.45, 2.75) is 45.2 Å². The van der Waals surface area contributed by atoms with E-state index in [0.717, 1.165) is 32.7 Å². The Morgan fingerprint density at radius 3 is 2.89 bits per heavy atom. The monoisotopic (exact) mass is 253 g/mol. The second kappa shape index (κ2) is 7.08. The molecule has 0 spiro atoms. The lowest BCUT2D eigenvalue weighted by atomic mass is 9.94. The molecule has 1 aliphatic heterocycles. The molecule has 4 heteroatoms. The molecular weight excluding hydrogens is 226 g/mol. The van der Waals surface area contributed by atoms with Gasteiger partial charge in [-0.15, -0.1) is 0 Å². The quantitative estimate of drug-likeness (QED) is 0.749. The van der Waals surface area contributed by atoms with Gasteiger partial charge in [0.05, 0.1) is 12.7 Å². The molecule has 4 nitrogen and oxygen atoms in total. The molecule has 1 aliphatic rings. The Morgan fingerprint density at radius 2 is 2.33 bits per heavy atom. The third-order valence-corrected chi connectivity index (χ3v) is 3.86. The maximum absolute atomic E-state index is 9.29. The number of nitrogens with zero attached hydrogens (tertiary/aromatic N) is 2. The third-order valence-electron chi connectivity index (χ3n) is 3.86. The number of nitriles is 1. The van der Waals surface area contributed by atoms with Crippen LogP contribution in [0.3, 0.4) is 0 Å². The van der Waals surface area contributed by atoms with E-state index in [1.807, 2.05) is 13.8 Å². The summed E-state index contributed by atoms with van der Waals surface area (Å²) in [5.74, 6) is 0.657. The van der Waals surface area contributed by atoms with Crippen LogP contribution in [-0.4, -0.2) is 49.8 Å². The molecule has 0 saturated carbocycles. The SMILES string of the molecule is CCNC(C)(C#N)CC(C)N1CCC(COC)C1. The second-order valence-electron chi connectivity index (χ2n) is 5.63. The van der Waals surface area contributed by atoms with Crippen LogP contribution in [0.25, 0.3) is 0 Å². The topological polar surface area (TPSA) is 48.3 Å². The smallest absolute Gasteiger partial charge is 0.105 e. The molecule has 0 bridgehead atoms. The van der Waals surface area contributed by atoms with Crippen LogP contribution in [0.1, 0.15) is 33.6 Å². The summed E-state index contributed by atoms with van der Waals surface area (Å²) in [4.78, 5) is 2.48. The fraction of sp³-hybridized carbons (Fsp3) is 0.929. The highest BCUT2D eigenvalue weighted by Crippen LogP contribution is 2.23. The zero-order valence-corrected chi connectivity index (χ0v) is 12.2. The molecule has 0 aromatic heterocycles. The van der Waals surface area contributed by atoms with Crippen molar-refractivity contribution in [2.24, 2.45) is 5.92 Å². The summed E-state index contributed by atoms with van der Waals surface area (Å²) in [5.41, 5.74) is -0.409. The Hall–Kier alpha value is -0.630. The van der Waals surface area contributed by atoms with Gasteiger partial charge in [-0.25, -0.2) is 0 Å². The fourth-order valence-electron chi connectivity index (χ4n) is 2.90. The maximum atomic E-state index is 9.29. The van der Waals surface area contributed by atoms with Crippen LogP contribution in [0, 0.1) is 17.2 Å². The molecule has 1 rings (SSSR count). The summed E-state index contributed by atoms with van der Waals surface area (Å²) in [6.45, 7) is 10.2. The number of hydrogen-bond donors (Lipinski definition) is 1. The van der Waals surface area contributed by atoms with E-state index >= 15 is 0 Å². The van der Waals surface area contributed by atoms with Crippen molar-refractivity contribution in [1.29, 1.82) is 5.26 Å². The molecule has 1 N–H and O–H groups in total. The highest BCUT2D eigenvalue weighted by molar-refractivity contribution is 5.05. The minimum atomic E-state index is -0.409. The normalized spacial score (nSPS) is 25.6. The molecule has 1 saturated heterocycles. The average molecular weight is 253 g/mol. The zero-order chi connectivity index (χ0) is 13.6. The number of likely N-dealkylation sites (tertiary alicyclic amines) is 1. The first-order valence-corrected chi connectivity index (χ1v) is 6.94. The van der Waals surface area contributed by atoms with Gasteiger partial charge < -0.3 is 9.64 Å². The van der Waals surface area contributed by atoms with Gasteiger partial charge in [0.25, 0.3) is 0 Å². The molecule has 3 unspecified atom stereocenters. The van der Waals surface area contributed by atoms with Gasteiger partial charge in [-0.2, -0.15) is 5.26 Å². The molecule has 0 aromatic rings. The van der Waals surface area contributed by atoms with Crippen LogP contribution in [0.4, 0.5) is 0 Å². The summed E-state index contributed by atoms with van der Waals surface area (Å²) in [6, 6.07) is 2.85. The number of hydrogen-bond acceptors (Lipinski definition) is 4. The van der Waals surface area contributed by atoms with Gasteiger partial charge in [-0.05, 0) is 45.7 Å². The lowest BCUT2D eigenvalue weighted by Gasteiger charge is -2.31. The minimum Gasteiger partial charge on any atom is -0.384 e. The summed E-state index contributed by atoms with van der Waals surface area (Å²) in [6.07, 6.45) is 2.08. The average Bonchev–Trinajstić information content (AvgIpc) is 2.78. The molecule has 104 valence electrons. The molecule has 0 amide bonds. The first-order chi connectivity index (χ1) is 8.54. The van der Waals surface area contributed by atoms with E-state index in [1.54, 1.807) is 7.11 Å². The molecule has 0 aliphatic carbocycles. The van der Waals surface area contributed by atoms with Crippen molar-refractivity contribution >= 4 is 0 Å². The van der Waals surface area contributed by atoms with E-state index in [2.05, 4.69) is 23.2 Å². The van der Waals surface area contributed by atoms with Crippen molar-refractivity contribution < 1.29 is 4.74 Å². The first-order valence-electron chi connectivity index (χ1n) is 6.94. The van der Waals surface area contributed by atoms with Crippen molar-refractivity contribution in [3.8, 4) is 6.07 Å². The molecule has 1 fully saturated rings. The predicted octanol–water partition coefficient (Wildman–Crippen LogP) is 1.63. The van der Waals surface area contributed by atoms with Crippen LogP contribution < -0.4 is 5.32 Å². The number of rotatable bonds is 7. The number of nitrogens with one attached hydrogen (secondary N) is 1. The second-order valence-corrected chi connectivity index (χ2v) is 5.63. The largest absolute Gasteiger partial charge is 0.384 e. The Morgan fingerprint density at radius 1 is 1.61 bits per heavy atom. The maximum Gasteiger partial charge on any atom is 0.105 e. The summed E-state index contributed by atoms with van der Waals surface area (Å²) >= 11 is 0. The Labute approximate surface area is 111 Å². The summed E-state index contributed by atoms with van der Waals surface area (Å²) < 4.78 is 5.22. The molecule has 0 aromatic carbocycles. The fourth-order valence-corrected chi connectivity index (χ4v) is 2.90. The van der Waals surface area contributed by atoms with E-state index in [4.69, 9.17) is 4.74 Å². The molecule has 1 heterocycles. The van der Waals surface area contributed by atoms with Crippen LogP contribution in [0.15, 0.2) is 0 Å². The first kappa shape index (κ1) is 15.4. The molecule has 0 radical (unpaired) electrons. The zero-order valence-electron chi connectivity index (χ0n) is 12.2. The Kier molecular flexibility index (Phi) is 6.07. The van der Waals surface area contributed by atoms with Crippen LogP contribution >= 0.6 is 0 Å². The van der Waals surface area contributed by atoms with Gasteiger partial charge in [-0.3, -0.25) is 5.32 Å². The highest BCUT2D eigenvalue weighted by atomic mass is 16.5. The van der Waals surface area contributed by atoms with Crippen molar-refractivity contribution in [3.05, 3.63) is 0 Å². The van der Waals surface area contributed by atoms with Gasteiger partial charge >= 0.3 is 0 Å².